The van der Waals surface area contributed by atoms with Crippen LogP contribution in [-0.2, 0) is 9.53 Å². The second-order valence-electron chi connectivity index (χ2n) is 6.68. The molecule has 0 aliphatic carbocycles. The molecule has 1 unspecified atom stereocenters. The number of rotatable bonds is 17. The van der Waals surface area contributed by atoms with Crippen LogP contribution in [0.25, 0.3) is 0 Å². The fraction of sp³-hybridized carbons (Fsp3) is 0.950. The van der Waals surface area contributed by atoms with Crippen LogP contribution in [0, 0.1) is 0 Å². The van der Waals surface area contributed by atoms with Crippen molar-refractivity contribution in [2.45, 2.75) is 116 Å². The lowest BCUT2D eigenvalue weighted by Crippen LogP contribution is -2.09. The fourth-order valence-electron chi connectivity index (χ4n) is 2.90. The SMILES string of the molecule is CCCCCCCCCCCCCC(O)CCCC(=O)OCC. The summed E-state index contributed by atoms with van der Waals surface area (Å²) in [4.78, 5) is 11.2. The normalized spacial score (nSPS) is 12.3. The number of ether oxygens (including phenoxy) is 1. The van der Waals surface area contributed by atoms with Crippen molar-refractivity contribution in [1.29, 1.82) is 0 Å². The van der Waals surface area contributed by atoms with E-state index in [1.165, 1.54) is 64.2 Å². The Bertz CT molecular complexity index is 253. The van der Waals surface area contributed by atoms with Crippen LogP contribution in [0.5, 0.6) is 0 Å². The lowest BCUT2D eigenvalue weighted by atomic mass is 10.0. The van der Waals surface area contributed by atoms with Gasteiger partial charge >= 0.3 is 5.97 Å². The van der Waals surface area contributed by atoms with Crippen LogP contribution in [0.2, 0.25) is 0 Å². The first kappa shape index (κ1) is 22.4. The van der Waals surface area contributed by atoms with Crippen LogP contribution in [0.15, 0.2) is 0 Å². The maximum Gasteiger partial charge on any atom is 0.305 e. The summed E-state index contributed by atoms with van der Waals surface area (Å²) in [6, 6.07) is 0. The molecule has 0 aliphatic rings. The Labute approximate surface area is 144 Å². The Balaban J connectivity index is 3.20. The van der Waals surface area contributed by atoms with Gasteiger partial charge < -0.3 is 9.84 Å². The van der Waals surface area contributed by atoms with Crippen molar-refractivity contribution < 1.29 is 14.6 Å². The third-order valence-electron chi connectivity index (χ3n) is 4.36. The molecule has 1 atom stereocenters. The van der Waals surface area contributed by atoms with Gasteiger partial charge in [0.05, 0.1) is 12.7 Å². The molecule has 0 saturated carbocycles. The Kier molecular flexibility index (Phi) is 17.3. The number of esters is 1. The van der Waals surface area contributed by atoms with Crippen LogP contribution >= 0.6 is 0 Å². The summed E-state index contributed by atoms with van der Waals surface area (Å²) in [5.74, 6) is -0.144. The predicted octanol–water partition coefficient (Wildman–Crippen LogP) is 5.78. The summed E-state index contributed by atoms with van der Waals surface area (Å²) in [7, 11) is 0. The molecular formula is C20H40O3. The van der Waals surface area contributed by atoms with Gasteiger partial charge in [0.15, 0.2) is 0 Å². The van der Waals surface area contributed by atoms with Gasteiger partial charge in [-0.3, -0.25) is 4.79 Å². The summed E-state index contributed by atoms with van der Waals surface area (Å²) < 4.78 is 4.88. The molecule has 0 bridgehead atoms. The molecule has 3 heteroatoms. The highest BCUT2D eigenvalue weighted by Gasteiger charge is 2.07. The molecule has 0 saturated heterocycles. The van der Waals surface area contributed by atoms with Gasteiger partial charge in [0.1, 0.15) is 0 Å². The number of hydrogen-bond donors (Lipinski definition) is 1. The largest absolute Gasteiger partial charge is 0.466 e. The number of carbonyl (C=O) groups is 1. The van der Waals surface area contributed by atoms with E-state index in [4.69, 9.17) is 4.74 Å². The molecule has 0 rings (SSSR count). The number of aliphatic hydroxyl groups is 1. The zero-order chi connectivity index (χ0) is 17.2. The Morgan fingerprint density at radius 3 is 1.78 bits per heavy atom. The van der Waals surface area contributed by atoms with Gasteiger partial charge in [0.2, 0.25) is 0 Å². The van der Waals surface area contributed by atoms with Crippen LogP contribution in [0.4, 0.5) is 0 Å². The minimum absolute atomic E-state index is 0.144. The van der Waals surface area contributed by atoms with E-state index in [0.717, 1.165) is 25.7 Å². The van der Waals surface area contributed by atoms with Gasteiger partial charge in [-0.25, -0.2) is 0 Å². The lowest BCUT2D eigenvalue weighted by Gasteiger charge is -2.10. The quantitative estimate of drug-likeness (QED) is 0.272. The first-order valence-electron chi connectivity index (χ1n) is 10.0. The molecule has 0 aliphatic heterocycles. The topological polar surface area (TPSA) is 46.5 Å². The van der Waals surface area contributed by atoms with Crippen molar-refractivity contribution in [3.63, 3.8) is 0 Å². The smallest absolute Gasteiger partial charge is 0.305 e. The fourth-order valence-corrected chi connectivity index (χ4v) is 2.90. The van der Waals surface area contributed by atoms with Gasteiger partial charge in [-0.15, -0.1) is 0 Å². The van der Waals surface area contributed by atoms with Gasteiger partial charge in [0, 0.05) is 6.42 Å². The highest BCUT2D eigenvalue weighted by atomic mass is 16.5. The Morgan fingerprint density at radius 2 is 1.26 bits per heavy atom. The maximum atomic E-state index is 11.2. The first-order chi connectivity index (χ1) is 11.2. The van der Waals surface area contributed by atoms with E-state index in [9.17, 15) is 9.90 Å². The van der Waals surface area contributed by atoms with Gasteiger partial charge in [0.25, 0.3) is 0 Å². The third kappa shape index (κ3) is 17.6. The molecule has 0 amide bonds. The highest BCUT2D eigenvalue weighted by Crippen LogP contribution is 2.14. The lowest BCUT2D eigenvalue weighted by molar-refractivity contribution is -0.143. The van der Waals surface area contributed by atoms with Crippen molar-refractivity contribution in [2.75, 3.05) is 6.61 Å². The third-order valence-corrected chi connectivity index (χ3v) is 4.36. The van der Waals surface area contributed by atoms with Crippen LogP contribution in [0.1, 0.15) is 110 Å². The first-order valence-corrected chi connectivity index (χ1v) is 10.0. The molecule has 0 aromatic heterocycles. The standard InChI is InChI=1S/C20H40O3/c1-3-5-6-7-8-9-10-11-12-13-14-16-19(21)17-15-18-20(22)23-4-2/h19,21H,3-18H2,1-2H3. The Morgan fingerprint density at radius 1 is 0.783 bits per heavy atom. The molecule has 0 radical (unpaired) electrons. The maximum absolute atomic E-state index is 11.2. The van der Waals surface area contributed by atoms with E-state index in [1.807, 2.05) is 6.92 Å². The van der Waals surface area contributed by atoms with E-state index in [-0.39, 0.29) is 12.1 Å². The highest BCUT2D eigenvalue weighted by molar-refractivity contribution is 5.69. The zero-order valence-corrected chi connectivity index (χ0v) is 15.7. The second kappa shape index (κ2) is 17.8. The molecule has 3 nitrogen and oxygen atoms in total. The van der Waals surface area contributed by atoms with Crippen molar-refractivity contribution in [1.82, 2.24) is 0 Å². The van der Waals surface area contributed by atoms with E-state index < -0.39 is 0 Å². The van der Waals surface area contributed by atoms with E-state index in [2.05, 4.69) is 6.92 Å². The van der Waals surface area contributed by atoms with Crippen LogP contribution in [-0.4, -0.2) is 23.8 Å². The number of carbonyl (C=O) groups excluding carboxylic acids is 1. The van der Waals surface area contributed by atoms with Crippen molar-refractivity contribution in [3.8, 4) is 0 Å². The molecule has 0 aromatic carbocycles. The molecule has 23 heavy (non-hydrogen) atoms. The summed E-state index contributed by atoms with van der Waals surface area (Å²) in [6.07, 6.45) is 17.2. The van der Waals surface area contributed by atoms with Crippen LogP contribution < -0.4 is 0 Å². The summed E-state index contributed by atoms with van der Waals surface area (Å²) in [6.45, 7) is 4.52. The minimum atomic E-state index is -0.247. The molecule has 0 spiro atoms. The molecule has 1 N–H and O–H groups in total. The Hall–Kier alpha value is -0.570. The van der Waals surface area contributed by atoms with E-state index in [0.29, 0.717) is 13.0 Å². The molecule has 0 fully saturated rings. The summed E-state index contributed by atoms with van der Waals surface area (Å²) in [5.41, 5.74) is 0. The molecular weight excluding hydrogens is 288 g/mol. The average Bonchev–Trinajstić information content (AvgIpc) is 2.53. The molecule has 0 aromatic rings. The summed E-state index contributed by atoms with van der Waals surface area (Å²) >= 11 is 0. The van der Waals surface area contributed by atoms with Crippen molar-refractivity contribution in [3.05, 3.63) is 0 Å². The zero-order valence-electron chi connectivity index (χ0n) is 15.7. The number of hydrogen-bond acceptors (Lipinski definition) is 3. The van der Waals surface area contributed by atoms with Gasteiger partial charge in [-0.05, 0) is 26.2 Å². The van der Waals surface area contributed by atoms with Gasteiger partial charge in [-0.2, -0.15) is 0 Å². The van der Waals surface area contributed by atoms with Crippen molar-refractivity contribution in [2.24, 2.45) is 0 Å². The predicted molar refractivity (Wildman–Crippen MR) is 97.6 cm³/mol. The van der Waals surface area contributed by atoms with E-state index >= 15 is 0 Å². The second-order valence-corrected chi connectivity index (χ2v) is 6.68. The van der Waals surface area contributed by atoms with Crippen LogP contribution in [0.3, 0.4) is 0 Å². The molecule has 0 heterocycles. The van der Waals surface area contributed by atoms with E-state index in [1.54, 1.807) is 0 Å². The molecule has 138 valence electrons. The minimum Gasteiger partial charge on any atom is -0.466 e. The van der Waals surface area contributed by atoms with Crippen molar-refractivity contribution >= 4 is 5.97 Å². The van der Waals surface area contributed by atoms with Gasteiger partial charge in [-0.1, -0.05) is 77.6 Å². The number of unbranched alkanes of at least 4 members (excludes halogenated alkanes) is 10. The number of aliphatic hydroxyl groups excluding tert-OH is 1. The monoisotopic (exact) mass is 328 g/mol. The summed E-state index contributed by atoms with van der Waals surface area (Å²) in [5, 5.41) is 9.88. The average molecular weight is 329 g/mol.